The van der Waals surface area contributed by atoms with Crippen molar-refractivity contribution in [3.63, 3.8) is 0 Å². The van der Waals surface area contributed by atoms with Gasteiger partial charge < -0.3 is 9.64 Å². The van der Waals surface area contributed by atoms with Gasteiger partial charge in [0.05, 0.1) is 6.10 Å². The van der Waals surface area contributed by atoms with Crippen LogP contribution in [0.4, 0.5) is 13.2 Å². The lowest BCUT2D eigenvalue weighted by atomic mass is 9.89. The lowest BCUT2D eigenvalue weighted by Crippen LogP contribution is -2.45. The molecule has 2 fully saturated rings. The van der Waals surface area contributed by atoms with Gasteiger partial charge in [0.1, 0.15) is 5.75 Å². The molecule has 1 saturated carbocycles. The number of hydrogen-bond donors (Lipinski definition) is 0. The van der Waals surface area contributed by atoms with Gasteiger partial charge in [-0.2, -0.15) is 13.2 Å². The van der Waals surface area contributed by atoms with E-state index in [2.05, 4.69) is 0 Å². The second-order valence-corrected chi connectivity index (χ2v) is 5.95. The normalized spacial score (nSPS) is 20.0. The predicted molar refractivity (Wildman–Crippen MR) is 74.7 cm³/mol. The van der Waals surface area contributed by atoms with Gasteiger partial charge in [-0.05, 0) is 49.3 Å². The van der Waals surface area contributed by atoms with E-state index in [1.807, 2.05) is 24.3 Å². The fourth-order valence-corrected chi connectivity index (χ4v) is 2.82. The van der Waals surface area contributed by atoms with Crippen molar-refractivity contribution in [2.24, 2.45) is 0 Å². The number of carbonyl (C=O) groups is 1. The average molecular weight is 313 g/mol. The van der Waals surface area contributed by atoms with Crippen LogP contribution in [0, 0.1) is 0 Å². The summed E-state index contributed by atoms with van der Waals surface area (Å²) in [5.41, 5.74) is 1.08. The molecule has 1 aromatic rings. The topological polar surface area (TPSA) is 29.5 Å². The number of likely N-dealkylation sites (tertiary alicyclic amines) is 1. The molecule has 1 aliphatic heterocycles. The molecule has 0 spiro atoms. The molecule has 0 aromatic heterocycles. The first-order chi connectivity index (χ1) is 10.4. The minimum atomic E-state index is -4.77. The summed E-state index contributed by atoms with van der Waals surface area (Å²) in [5.74, 6) is -0.717. The third-order valence-electron chi connectivity index (χ3n) is 4.18. The molecule has 1 saturated heterocycles. The van der Waals surface area contributed by atoms with Crippen molar-refractivity contribution in [3.8, 4) is 5.75 Å². The first kappa shape index (κ1) is 15.2. The minimum Gasteiger partial charge on any atom is -0.490 e. The molecule has 120 valence electrons. The number of alkyl halides is 3. The van der Waals surface area contributed by atoms with E-state index < -0.39 is 12.1 Å². The summed E-state index contributed by atoms with van der Waals surface area (Å²) in [6, 6.07) is 7.78. The van der Waals surface area contributed by atoms with Gasteiger partial charge in [0.15, 0.2) is 0 Å². The van der Waals surface area contributed by atoms with Crippen molar-refractivity contribution in [2.45, 2.75) is 43.9 Å². The van der Waals surface area contributed by atoms with Crippen LogP contribution >= 0.6 is 0 Å². The molecule has 3 nitrogen and oxygen atoms in total. The maximum absolute atomic E-state index is 12.4. The second-order valence-electron chi connectivity index (χ2n) is 5.95. The molecule has 6 heteroatoms. The number of halogens is 3. The molecule has 2 aliphatic rings. The minimum absolute atomic E-state index is 0.150. The Morgan fingerprint density at radius 1 is 1.14 bits per heavy atom. The highest BCUT2D eigenvalue weighted by Crippen LogP contribution is 2.33. The zero-order valence-corrected chi connectivity index (χ0v) is 12.1. The number of rotatable bonds is 3. The average Bonchev–Trinajstić information content (AvgIpc) is 3.30. The van der Waals surface area contributed by atoms with E-state index in [1.165, 1.54) is 0 Å². The standard InChI is InChI=1S/C16H18F3NO2/c17-16(18,19)15(21)20-8-6-11(7-9-20)12-2-1-3-14(10-12)22-13-4-5-13/h1-3,10-11,13H,4-9H2. The summed E-state index contributed by atoms with van der Waals surface area (Å²) in [6.45, 7) is 0.299. The number of benzene rings is 1. The number of carbonyl (C=O) groups excluding carboxylic acids is 1. The SMILES string of the molecule is O=C(N1CCC(c2cccc(OC3CC3)c2)CC1)C(F)(F)F. The lowest BCUT2D eigenvalue weighted by molar-refractivity contribution is -0.186. The maximum Gasteiger partial charge on any atom is 0.471 e. The summed E-state index contributed by atoms with van der Waals surface area (Å²) in [4.78, 5) is 12.1. The van der Waals surface area contributed by atoms with Gasteiger partial charge in [-0.1, -0.05) is 12.1 Å². The molecule has 3 rings (SSSR count). The number of piperidine rings is 1. The van der Waals surface area contributed by atoms with Gasteiger partial charge in [-0.3, -0.25) is 4.79 Å². The van der Waals surface area contributed by atoms with Crippen molar-refractivity contribution >= 4 is 5.91 Å². The first-order valence-corrected chi connectivity index (χ1v) is 7.56. The van der Waals surface area contributed by atoms with Crippen LogP contribution in [0.15, 0.2) is 24.3 Å². The van der Waals surface area contributed by atoms with Crippen LogP contribution in [0.25, 0.3) is 0 Å². The van der Waals surface area contributed by atoms with E-state index in [0.717, 1.165) is 29.1 Å². The summed E-state index contributed by atoms with van der Waals surface area (Å²) >= 11 is 0. The van der Waals surface area contributed by atoms with Gasteiger partial charge >= 0.3 is 12.1 Å². The lowest BCUT2D eigenvalue weighted by Gasteiger charge is -2.32. The quantitative estimate of drug-likeness (QED) is 0.855. The third kappa shape index (κ3) is 3.54. The Kier molecular flexibility index (Phi) is 4.02. The molecule has 0 radical (unpaired) electrons. The summed E-state index contributed by atoms with van der Waals surface area (Å²) < 4.78 is 43.0. The van der Waals surface area contributed by atoms with Crippen LogP contribution in [0.3, 0.4) is 0 Å². The molecule has 0 bridgehead atoms. The van der Waals surface area contributed by atoms with Gasteiger partial charge in [0.2, 0.25) is 0 Å². The Morgan fingerprint density at radius 3 is 2.41 bits per heavy atom. The maximum atomic E-state index is 12.4. The van der Waals surface area contributed by atoms with Gasteiger partial charge in [-0.15, -0.1) is 0 Å². The molecule has 22 heavy (non-hydrogen) atoms. The predicted octanol–water partition coefficient (Wildman–Crippen LogP) is 3.50. The van der Waals surface area contributed by atoms with Crippen molar-refractivity contribution in [1.29, 1.82) is 0 Å². The van der Waals surface area contributed by atoms with E-state index >= 15 is 0 Å². The zero-order chi connectivity index (χ0) is 15.7. The Bertz CT molecular complexity index is 547. The van der Waals surface area contributed by atoms with Crippen molar-refractivity contribution in [3.05, 3.63) is 29.8 Å². The smallest absolute Gasteiger partial charge is 0.471 e. The van der Waals surface area contributed by atoms with E-state index in [0.29, 0.717) is 18.9 Å². The summed E-state index contributed by atoms with van der Waals surface area (Å²) in [5, 5.41) is 0. The molecule has 0 atom stereocenters. The first-order valence-electron chi connectivity index (χ1n) is 7.56. The van der Waals surface area contributed by atoms with Crippen LogP contribution < -0.4 is 4.74 Å². The molecule has 1 heterocycles. The van der Waals surface area contributed by atoms with Crippen molar-refractivity contribution in [2.75, 3.05) is 13.1 Å². The Labute approximate surface area is 127 Å². The number of nitrogens with zero attached hydrogens (tertiary/aromatic N) is 1. The monoisotopic (exact) mass is 313 g/mol. The third-order valence-corrected chi connectivity index (χ3v) is 4.18. The fraction of sp³-hybridized carbons (Fsp3) is 0.562. The molecule has 1 amide bonds. The molecule has 0 N–H and O–H groups in total. The molecule has 1 aliphatic carbocycles. The second kappa shape index (κ2) is 5.82. The van der Waals surface area contributed by atoms with Crippen LogP contribution in [0.2, 0.25) is 0 Å². The molecular weight excluding hydrogens is 295 g/mol. The van der Waals surface area contributed by atoms with Crippen LogP contribution in [-0.2, 0) is 4.79 Å². The van der Waals surface area contributed by atoms with Crippen LogP contribution in [0.5, 0.6) is 5.75 Å². The van der Waals surface area contributed by atoms with E-state index in [9.17, 15) is 18.0 Å². The number of ether oxygens (including phenoxy) is 1. The van der Waals surface area contributed by atoms with Crippen molar-refractivity contribution in [1.82, 2.24) is 4.90 Å². The highest BCUT2D eigenvalue weighted by molar-refractivity contribution is 5.81. The number of hydrogen-bond acceptors (Lipinski definition) is 2. The Morgan fingerprint density at radius 2 is 1.82 bits per heavy atom. The Hall–Kier alpha value is -1.72. The van der Waals surface area contributed by atoms with Crippen LogP contribution in [0.1, 0.15) is 37.2 Å². The fourth-order valence-electron chi connectivity index (χ4n) is 2.82. The molecule has 0 unspecified atom stereocenters. The van der Waals surface area contributed by atoms with Crippen LogP contribution in [-0.4, -0.2) is 36.2 Å². The van der Waals surface area contributed by atoms with Crippen molar-refractivity contribution < 1.29 is 22.7 Å². The largest absolute Gasteiger partial charge is 0.490 e. The van der Waals surface area contributed by atoms with E-state index in [-0.39, 0.29) is 19.0 Å². The number of amides is 1. The Balaban J connectivity index is 1.60. The van der Waals surface area contributed by atoms with Gasteiger partial charge in [0, 0.05) is 13.1 Å². The molecular formula is C16H18F3NO2. The highest BCUT2D eigenvalue weighted by atomic mass is 19.4. The summed E-state index contributed by atoms with van der Waals surface area (Å²) in [7, 11) is 0. The highest BCUT2D eigenvalue weighted by Gasteiger charge is 2.43. The van der Waals surface area contributed by atoms with E-state index in [4.69, 9.17) is 4.74 Å². The summed E-state index contributed by atoms with van der Waals surface area (Å²) in [6.07, 6.45) is -1.18. The van der Waals surface area contributed by atoms with E-state index in [1.54, 1.807) is 0 Å². The zero-order valence-electron chi connectivity index (χ0n) is 12.1. The molecule has 1 aromatic carbocycles. The van der Waals surface area contributed by atoms with Gasteiger partial charge in [-0.25, -0.2) is 0 Å². The van der Waals surface area contributed by atoms with Gasteiger partial charge in [0.25, 0.3) is 0 Å².